The summed E-state index contributed by atoms with van der Waals surface area (Å²) in [5.74, 6) is 0.565. The van der Waals surface area contributed by atoms with Crippen LogP contribution in [-0.2, 0) is 14.8 Å². The zero-order valence-corrected chi connectivity index (χ0v) is 15.9. The maximum absolute atomic E-state index is 12.3. The molecule has 0 aromatic carbocycles. The van der Waals surface area contributed by atoms with Crippen LogP contribution in [0.1, 0.15) is 40.5 Å². The molecule has 6 nitrogen and oxygen atoms in total. The molecule has 0 aliphatic carbocycles. The van der Waals surface area contributed by atoms with Crippen molar-refractivity contribution in [1.82, 2.24) is 14.5 Å². The normalized spacial score (nSPS) is 19.0. The minimum Gasteiger partial charge on any atom is -0.356 e. The van der Waals surface area contributed by atoms with E-state index in [0.29, 0.717) is 38.4 Å². The van der Waals surface area contributed by atoms with E-state index in [1.807, 2.05) is 0 Å². The molecule has 1 fully saturated rings. The number of rotatable bonds is 9. The van der Waals surface area contributed by atoms with Crippen molar-refractivity contribution in [2.75, 3.05) is 45.0 Å². The Morgan fingerprint density at radius 1 is 1.22 bits per heavy atom. The van der Waals surface area contributed by atoms with Crippen LogP contribution in [0.5, 0.6) is 0 Å². The first-order valence-electron chi connectivity index (χ1n) is 8.81. The third kappa shape index (κ3) is 6.39. The minimum atomic E-state index is -3.12. The minimum absolute atomic E-state index is 0.0565. The third-order valence-electron chi connectivity index (χ3n) is 4.67. The van der Waals surface area contributed by atoms with Crippen LogP contribution in [0.25, 0.3) is 0 Å². The van der Waals surface area contributed by atoms with Crippen molar-refractivity contribution in [2.45, 2.75) is 40.5 Å². The monoisotopic (exact) mass is 347 g/mol. The van der Waals surface area contributed by atoms with Gasteiger partial charge in [-0.25, -0.2) is 12.7 Å². The summed E-state index contributed by atoms with van der Waals surface area (Å²) >= 11 is 0. The van der Waals surface area contributed by atoms with Crippen molar-refractivity contribution in [2.24, 2.45) is 11.8 Å². The number of hydrogen-bond acceptors (Lipinski definition) is 4. The maximum atomic E-state index is 12.3. The lowest BCUT2D eigenvalue weighted by Crippen LogP contribution is -2.44. The lowest BCUT2D eigenvalue weighted by atomic mass is 9.97. The number of nitrogens with zero attached hydrogens (tertiary/aromatic N) is 2. The van der Waals surface area contributed by atoms with Crippen LogP contribution < -0.4 is 5.32 Å². The third-order valence-corrected chi connectivity index (χ3v) is 6.55. The van der Waals surface area contributed by atoms with Crippen LogP contribution >= 0.6 is 0 Å². The predicted molar refractivity (Wildman–Crippen MR) is 93.7 cm³/mol. The number of hydrogen-bond donors (Lipinski definition) is 1. The Kier molecular flexibility index (Phi) is 8.50. The lowest BCUT2D eigenvalue weighted by molar-refractivity contribution is -0.126. The van der Waals surface area contributed by atoms with Gasteiger partial charge in [-0.05, 0) is 38.8 Å². The smallest absolute Gasteiger partial charge is 0.223 e. The summed E-state index contributed by atoms with van der Waals surface area (Å²) in [5.41, 5.74) is 0. The number of nitrogens with one attached hydrogen (secondary N) is 1. The fourth-order valence-corrected chi connectivity index (χ4v) is 4.12. The molecule has 1 saturated heterocycles. The van der Waals surface area contributed by atoms with Gasteiger partial charge in [0.1, 0.15) is 0 Å². The summed E-state index contributed by atoms with van der Waals surface area (Å²) in [5, 5.41) is 3.04. The number of carbonyl (C=O) groups excluding carboxylic acids is 1. The van der Waals surface area contributed by atoms with Crippen molar-refractivity contribution < 1.29 is 13.2 Å². The van der Waals surface area contributed by atoms with Gasteiger partial charge in [0.15, 0.2) is 0 Å². The molecule has 0 spiro atoms. The summed E-state index contributed by atoms with van der Waals surface area (Å²) in [6.45, 7) is 12.7. The summed E-state index contributed by atoms with van der Waals surface area (Å²) in [4.78, 5) is 14.6. The van der Waals surface area contributed by atoms with Gasteiger partial charge in [-0.2, -0.15) is 0 Å². The molecule has 136 valence electrons. The Balaban J connectivity index is 2.34. The van der Waals surface area contributed by atoms with Crippen LogP contribution in [0.2, 0.25) is 0 Å². The molecule has 0 unspecified atom stereocenters. The average Bonchev–Trinajstić information content (AvgIpc) is 2.57. The van der Waals surface area contributed by atoms with E-state index in [2.05, 4.69) is 31.0 Å². The highest BCUT2D eigenvalue weighted by Crippen LogP contribution is 2.20. The summed E-state index contributed by atoms with van der Waals surface area (Å²) in [7, 11) is -3.12. The Labute approximate surface area is 141 Å². The SMILES string of the molecule is CCN(CC)C[C@H](C)CNC(=O)C1CCN(S(=O)(=O)CC)CC1. The molecule has 1 atom stereocenters. The topological polar surface area (TPSA) is 69.7 Å². The number of sulfonamides is 1. The lowest BCUT2D eigenvalue weighted by Gasteiger charge is -2.30. The number of carbonyl (C=O) groups is 1. The van der Waals surface area contributed by atoms with E-state index < -0.39 is 10.0 Å². The van der Waals surface area contributed by atoms with E-state index >= 15 is 0 Å². The van der Waals surface area contributed by atoms with Gasteiger partial charge in [-0.15, -0.1) is 0 Å². The van der Waals surface area contributed by atoms with Crippen molar-refractivity contribution in [3.8, 4) is 0 Å². The van der Waals surface area contributed by atoms with Crippen molar-refractivity contribution in [1.29, 1.82) is 0 Å². The zero-order valence-electron chi connectivity index (χ0n) is 15.0. The van der Waals surface area contributed by atoms with Crippen LogP contribution in [0, 0.1) is 11.8 Å². The van der Waals surface area contributed by atoms with E-state index in [1.54, 1.807) is 6.92 Å². The van der Waals surface area contributed by atoms with Gasteiger partial charge in [0, 0.05) is 32.1 Å². The Morgan fingerprint density at radius 2 is 1.78 bits per heavy atom. The maximum Gasteiger partial charge on any atom is 0.223 e. The first kappa shape index (κ1) is 20.4. The molecule has 0 radical (unpaired) electrons. The molecule has 1 rings (SSSR count). The molecular formula is C16H33N3O3S. The van der Waals surface area contributed by atoms with E-state index in [1.165, 1.54) is 4.31 Å². The molecule has 0 saturated carbocycles. The van der Waals surface area contributed by atoms with Crippen LogP contribution in [0.3, 0.4) is 0 Å². The molecule has 1 N–H and O–H groups in total. The highest BCUT2D eigenvalue weighted by molar-refractivity contribution is 7.89. The molecule has 1 heterocycles. The Hall–Kier alpha value is -0.660. The fourth-order valence-electron chi connectivity index (χ4n) is 2.99. The van der Waals surface area contributed by atoms with Gasteiger partial charge in [0.25, 0.3) is 0 Å². The second kappa shape index (κ2) is 9.59. The summed E-state index contributed by atoms with van der Waals surface area (Å²) in [6, 6.07) is 0. The quantitative estimate of drug-likeness (QED) is 0.679. The van der Waals surface area contributed by atoms with E-state index in [9.17, 15) is 13.2 Å². The predicted octanol–water partition coefficient (Wildman–Crippen LogP) is 1.14. The molecule has 0 bridgehead atoms. The Morgan fingerprint density at radius 3 is 2.26 bits per heavy atom. The summed E-state index contributed by atoms with van der Waals surface area (Å²) in [6.07, 6.45) is 1.24. The molecule has 23 heavy (non-hydrogen) atoms. The summed E-state index contributed by atoms with van der Waals surface area (Å²) < 4.78 is 25.2. The highest BCUT2D eigenvalue weighted by Gasteiger charge is 2.30. The molecule has 1 aliphatic rings. The van der Waals surface area contributed by atoms with Crippen LogP contribution in [0.15, 0.2) is 0 Å². The molecule has 1 amide bonds. The average molecular weight is 348 g/mol. The van der Waals surface area contributed by atoms with Crippen LogP contribution in [0.4, 0.5) is 0 Å². The first-order chi connectivity index (χ1) is 10.8. The van der Waals surface area contributed by atoms with Crippen molar-refractivity contribution >= 4 is 15.9 Å². The first-order valence-corrected chi connectivity index (χ1v) is 10.4. The fraction of sp³-hybridized carbons (Fsp3) is 0.938. The standard InChI is InChI=1S/C16H33N3O3S/c1-5-18(6-2)13-14(4)12-17-16(20)15-8-10-19(11-9-15)23(21,22)7-3/h14-15H,5-13H2,1-4H3,(H,17,20)/t14-/m1/s1. The van der Waals surface area contributed by atoms with Gasteiger partial charge in [0.2, 0.25) is 15.9 Å². The largest absolute Gasteiger partial charge is 0.356 e. The zero-order chi connectivity index (χ0) is 17.5. The molecule has 0 aromatic rings. The van der Waals surface area contributed by atoms with Gasteiger partial charge in [-0.3, -0.25) is 4.79 Å². The molecular weight excluding hydrogens is 314 g/mol. The second-order valence-electron chi connectivity index (χ2n) is 6.41. The molecule has 1 aliphatic heterocycles. The van der Waals surface area contributed by atoms with E-state index in [-0.39, 0.29) is 17.6 Å². The number of amides is 1. The Bertz CT molecular complexity index is 455. The van der Waals surface area contributed by atoms with Crippen molar-refractivity contribution in [3.63, 3.8) is 0 Å². The highest BCUT2D eigenvalue weighted by atomic mass is 32.2. The van der Waals surface area contributed by atoms with Gasteiger partial charge >= 0.3 is 0 Å². The van der Waals surface area contributed by atoms with Crippen molar-refractivity contribution in [3.05, 3.63) is 0 Å². The second-order valence-corrected chi connectivity index (χ2v) is 8.67. The van der Waals surface area contributed by atoms with E-state index in [0.717, 1.165) is 19.6 Å². The molecule has 7 heteroatoms. The van der Waals surface area contributed by atoms with Gasteiger partial charge in [0.05, 0.1) is 5.75 Å². The van der Waals surface area contributed by atoms with E-state index in [4.69, 9.17) is 0 Å². The van der Waals surface area contributed by atoms with Crippen LogP contribution in [-0.4, -0.2) is 68.6 Å². The van der Waals surface area contributed by atoms with Gasteiger partial charge in [-0.1, -0.05) is 20.8 Å². The van der Waals surface area contributed by atoms with Gasteiger partial charge < -0.3 is 10.2 Å². The molecule has 0 aromatic heterocycles. The number of piperidine rings is 1.